The summed E-state index contributed by atoms with van der Waals surface area (Å²) in [6.45, 7) is 1.86. The molecular formula is C12H15BrN2O3. The molecule has 0 aliphatic carbocycles. The lowest BCUT2D eigenvalue weighted by Gasteiger charge is -2.13. The topological polar surface area (TPSA) is 92.4 Å². The lowest BCUT2D eigenvalue weighted by Crippen LogP contribution is -2.36. The molecule has 0 aromatic heterocycles. The van der Waals surface area contributed by atoms with E-state index in [4.69, 9.17) is 10.8 Å². The average molecular weight is 315 g/mol. The van der Waals surface area contributed by atoms with E-state index in [1.165, 1.54) is 0 Å². The van der Waals surface area contributed by atoms with Gasteiger partial charge in [-0.25, -0.2) is 0 Å². The fourth-order valence-corrected chi connectivity index (χ4v) is 1.74. The van der Waals surface area contributed by atoms with Crippen molar-refractivity contribution >= 4 is 33.5 Å². The van der Waals surface area contributed by atoms with Crippen LogP contribution in [0.25, 0.3) is 0 Å². The predicted octanol–water partition coefficient (Wildman–Crippen LogP) is 1.89. The molecule has 1 unspecified atom stereocenters. The van der Waals surface area contributed by atoms with E-state index in [1.807, 2.05) is 13.0 Å². The largest absolute Gasteiger partial charge is 0.481 e. The van der Waals surface area contributed by atoms with E-state index >= 15 is 0 Å². The number of nitrogens with two attached hydrogens (primary N) is 1. The van der Waals surface area contributed by atoms with Crippen molar-refractivity contribution in [3.63, 3.8) is 0 Å². The van der Waals surface area contributed by atoms with Crippen molar-refractivity contribution in [2.75, 3.05) is 5.32 Å². The molecule has 1 atom stereocenters. The summed E-state index contributed by atoms with van der Waals surface area (Å²) in [6.07, 6.45) is 0.000268. The zero-order chi connectivity index (χ0) is 13.7. The van der Waals surface area contributed by atoms with E-state index in [9.17, 15) is 9.59 Å². The summed E-state index contributed by atoms with van der Waals surface area (Å²) in [4.78, 5) is 22.1. The summed E-state index contributed by atoms with van der Waals surface area (Å²) < 4.78 is 0.888. The molecule has 0 radical (unpaired) electrons. The number of hydrogen-bond acceptors (Lipinski definition) is 3. The van der Waals surface area contributed by atoms with Crippen LogP contribution in [-0.4, -0.2) is 23.0 Å². The molecule has 0 saturated heterocycles. The molecule has 5 nitrogen and oxygen atoms in total. The molecule has 0 heterocycles. The second-order valence-corrected chi connectivity index (χ2v) is 4.79. The number of nitrogens with one attached hydrogen (secondary N) is 1. The maximum atomic E-state index is 11.7. The quantitative estimate of drug-likeness (QED) is 0.773. The summed E-state index contributed by atoms with van der Waals surface area (Å²) in [7, 11) is 0. The summed E-state index contributed by atoms with van der Waals surface area (Å²) in [6, 6.07) is 4.62. The molecule has 0 aliphatic rings. The Bertz CT molecular complexity index is 463. The number of halogens is 1. The summed E-state index contributed by atoms with van der Waals surface area (Å²) in [5.74, 6) is -1.34. The molecule has 18 heavy (non-hydrogen) atoms. The first-order valence-corrected chi connectivity index (χ1v) is 6.24. The van der Waals surface area contributed by atoms with Crippen LogP contribution >= 0.6 is 15.9 Å². The Labute approximate surface area is 113 Å². The lowest BCUT2D eigenvalue weighted by molar-refractivity contribution is -0.137. The van der Waals surface area contributed by atoms with Crippen LogP contribution in [-0.2, 0) is 9.59 Å². The van der Waals surface area contributed by atoms with Crippen LogP contribution in [0.15, 0.2) is 22.7 Å². The molecule has 0 bridgehead atoms. The van der Waals surface area contributed by atoms with Crippen LogP contribution < -0.4 is 11.1 Å². The van der Waals surface area contributed by atoms with Gasteiger partial charge in [0, 0.05) is 16.6 Å². The van der Waals surface area contributed by atoms with Crippen LogP contribution in [0.2, 0.25) is 0 Å². The standard InChI is InChI=1S/C12H15BrN2O3/c1-7-8(13)3-2-4-10(7)15-12(18)9(14)5-6-11(16)17/h2-4,9H,5-6,14H2,1H3,(H,15,18)(H,16,17). The predicted molar refractivity (Wildman–Crippen MR) is 72.4 cm³/mol. The van der Waals surface area contributed by atoms with Crippen molar-refractivity contribution in [2.45, 2.75) is 25.8 Å². The molecule has 1 amide bonds. The van der Waals surface area contributed by atoms with Crippen molar-refractivity contribution in [3.8, 4) is 0 Å². The molecule has 98 valence electrons. The van der Waals surface area contributed by atoms with Crippen LogP contribution in [0.3, 0.4) is 0 Å². The first-order chi connectivity index (χ1) is 8.41. The Kier molecular flexibility index (Phi) is 5.30. The van der Waals surface area contributed by atoms with E-state index < -0.39 is 12.0 Å². The Balaban J connectivity index is 2.64. The number of benzene rings is 1. The highest BCUT2D eigenvalue weighted by Crippen LogP contribution is 2.23. The van der Waals surface area contributed by atoms with E-state index in [0.29, 0.717) is 5.69 Å². The van der Waals surface area contributed by atoms with Crippen molar-refractivity contribution in [1.82, 2.24) is 0 Å². The van der Waals surface area contributed by atoms with Gasteiger partial charge in [-0.2, -0.15) is 0 Å². The number of anilines is 1. The molecule has 1 aromatic carbocycles. The van der Waals surface area contributed by atoms with Crippen LogP contribution in [0.1, 0.15) is 18.4 Å². The Hall–Kier alpha value is -1.40. The monoisotopic (exact) mass is 314 g/mol. The van der Waals surface area contributed by atoms with Crippen LogP contribution in [0.4, 0.5) is 5.69 Å². The number of amides is 1. The van der Waals surface area contributed by atoms with Gasteiger partial charge in [-0.1, -0.05) is 22.0 Å². The molecular weight excluding hydrogens is 300 g/mol. The molecule has 1 rings (SSSR count). The van der Waals surface area contributed by atoms with Crippen molar-refractivity contribution in [1.29, 1.82) is 0 Å². The summed E-state index contributed by atoms with van der Waals surface area (Å²) >= 11 is 3.36. The average Bonchev–Trinajstić information content (AvgIpc) is 2.31. The van der Waals surface area contributed by atoms with Crippen molar-refractivity contribution in [3.05, 3.63) is 28.2 Å². The smallest absolute Gasteiger partial charge is 0.303 e. The fraction of sp³-hybridized carbons (Fsp3) is 0.333. The SMILES string of the molecule is Cc1c(Br)cccc1NC(=O)C(N)CCC(=O)O. The number of aliphatic carboxylic acids is 1. The van der Waals surface area contributed by atoms with Gasteiger partial charge in [-0.15, -0.1) is 0 Å². The van der Waals surface area contributed by atoms with Gasteiger partial charge in [0.25, 0.3) is 0 Å². The van der Waals surface area contributed by atoms with E-state index in [1.54, 1.807) is 12.1 Å². The summed E-state index contributed by atoms with van der Waals surface area (Å²) in [5, 5.41) is 11.2. The highest BCUT2D eigenvalue weighted by Gasteiger charge is 2.16. The number of carbonyl (C=O) groups is 2. The molecule has 0 aliphatic heterocycles. The van der Waals surface area contributed by atoms with Gasteiger partial charge in [0.15, 0.2) is 0 Å². The number of carboxylic acid groups (broad SMARTS) is 1. The number of carbonyl (C=O) groups excluding carboxylic acids is 1. The van der Waals surface area contributed by atoms with Crippen LogP contribution in [0.5, 0.6) is 0 Å². The Morgan fingerprint density at radius 2 is 2.17 bits per heavy atom. The molecule has 4 N–H and O–H groups in total. The molecule has 0 saturated carbocycles. The third kappa shape index (κ3) is 4.12. The van der Waals surface area contributed by atoms with Gasteiger partial charge in [0.2, 0.25) is 5.91 Å². The number of carboxylic acids is 1. The normalized spacial score (nSPS) is 11.9. The maximum Gasteiger partial charge on any atom is 0.303 e. The first kappa shape index (κ1) is 14.7. The van der Waals surface area contributed by atoms with Crippen molar-refractivity contribution in [2.24, 2.45) is 5.73 Å². The molecule has 1 aromatic rings. The van der Waals surface area contributed by atoms with Gasteiger partial charge in [-0.3, -0.25) is 9.59 Å². The minimum atomic E-state index is -0.961. The third-order valence-electron chi connectivity index (χ3n) is 2.53. The van der Waals surface area contributed by atoms with Gasteiger partial charge in [-0.05, 0) is 31.0 Å². The van der Waals surface area contributed by atoms with E-state index in [2.05, 4.69) is 21.2 Å². The van der Waals surface area contributed by atoms with Gasteiger partial charge >= 0.3 is 5.97 Å². The fourth-order valence-electron chi connectivity index (χ4n) is 1.38. The first-order valence-electron chi connectivity index (χ1n) is 5.45. The van der Waals surface area contributed by atoms with Gasteiger partial charge < -0.3 is 16.2 Å². The molecule has 6 heteroatoms. The highest BCUT2D eigenvalue weighted by atomic mass is 79.9. The zero-order valence-corrected chi connectivity index (χ0v) is 11.5. The van der Waals surface area contributed by atoms with Gasteiger partial charge in [0.05, 0.1) is 6.04 Å². The minimum absolute atomic E-state index is 0.119. The van der Waals surface area contributed by atoms with E-state index in [-0.39, 0.29) is 18.7 Å². The lowest BCUT2D eigenvalue weighted by atomic mass is 10.1. The number of rotatable bonds is 5. The second kappa shape index (κ2) is 6.51. The zero-order valence-electron chi connectivity index (χ0n) is 9.94. The summed E-state index contributed by atoms with van der Waals surface area (Å²) in [5.41, 5.74) is 7.18. The third-order valence-corrected chi connectivity index (χ3v) is 3.39. The van der Waals surface area contributed by atoms with Gasteiger partial charge in [0.1, 0.15) is 0 Å². The second-order valence-electron chi connectivity index (χ2n) is 3.94. The Morgan fingerprint density at radius 3 is 2.78 bits per heavy atom. The minimum Gasteiger partial charge on any atom is -0.481 e. The van der Waals surface area contributed by atoms with Crippen molar-refractivity contribution < 1.29 is 14.7 Å². The molecule has 0 spiro atoms. The number of hydrogen-bond donors (Lipinski definition) is 3. The Morgan fingerprint density at radius 1 is 1.50 bits per heavy atom. The maximum absolute atomic E-state index is 11.7. The van der Waals surface area contributed by atoms with E-state index in [0.717, 1.165) is 10.0 Å². The molecule has 0 fully saturated rings. The van der Waals surface area contributed by atoms with Crippen LogP contribution in [0, 0.1) is 6.92 Å². The highest BCUT2D eigenvalue weighted by molar-refractivity contribution is 9.10.